The number of fused-ring (bicyclic) bond motifs is 2. The summed E-state index contributed by atoms with van der Waals surface area (Å²) in [5, 5.41) is 0. The molecule has 0 aliphatic rings. The van der Waals surface area contributed by atoms with Gasteiger partial charge < -0.3 is 4.90 Å². The highest BCUT2D eigenvalue weighted by molar-refractivity contribution is 5.83. The summed E-state index contributed by atoms with van der Waals surface area (Å²) in [4.78, 5) is 22.2. The van der Waals surface area contributed by atoms with Gasteiger partial charge in [0, 0.05) is 28.2 Å². The van der Waals surface area contributed by atoms with Gasteiger partial charge in [-0.2, -0.15) is 0 Å². The number of hydrogen-bond donors (Lipinski definition) is 0. The molecule has 49 heavy (non-hydrogen) atoms. The Kier molecular flexibility index (Phi) is 8.08. The minimum atomic E-state index is 0.808. The number of aryl methyl sites for hydroxylation is 2. The minimum absolute atomic E-state index is 0.808. The third kappa shape index (κ3) is 5.92. The molecule has 5 nitrogen and oxygen atoms in total. The van der Waals surface area contributed by atoms with Crippen LogP contribution in [0.2, 0.25) is 0 Å². The van der Waals surface area contributed by atoms with E-state index in [1.807, 2.05) is 54.6 Å². The van der Waals surface area contributed by atoms with Gasteiger partial charge in [-0.25, -0.2) is 19.9 Å². The molecule has 0 amide bonds. The Morgan fingerprint density at radius 3 is 1.06 bits per heavy atom. The summed E-state index contributed by atoms with van der Waals surface area (Å²) in [6.07, 6.45) is 1.62. The van der Waals surface area contributed by atoms with Gasteiger partial charge in [-0.3, -0.25) is 0 Å². The van der Waals surface area contributed by atoms with E-state index in [9.17, 15) is 0 Å². The fourth-order valence-corrected chi connectivity index (χ4v) is 6.45. The van der Waals surface area contributed by atoms with Crippen molar-refractivity contribution in [2.24, 2.45) is 0 Å². The van der Waals surface area contributed by atoms with Crippen molar-refractivity contribution < 1.29 is 0 Å². The fraction of sp³-hybridized carbons (Fsp3) is 0.0909. The number of anilines is 3. The summed E-state index contributed by atoms with van der Waals surface area (Å²) < 4.78 is 0. The molecule has 0 fully saturated rings. The van der Waals surface area contributed by atoms with Crippen molar-refractivity contribution in [1.82, 2.24) is 19.9 Å². The predicted octanol–water partition coefficient (Wildman–Crippen LogP) is 11.2. The lowest BCUT2D eigenvalue weighted by atomic mass is 10.0. The van der Waals surface area contributed by atoms with Crippen LogP contribution in [0.4, 0.5) is 17.1 Å². The van der Waals surface area contributed by atoms with E-state index in [0.717, 1.165) is 85.9 Å². The average molecular weight is 634 g/mol. The van der Waals surface area contributed by atoms with Crippen molar-refractivity contribution in [2.45, 2.75) is 26.7 Å². The van der Waals surface area contributed by atoms with Gasteiger partial charge in [-0.15, -0.1) is 0 Å². The smallest absolute Gasteiger partial charge is 0.0925 e. The zero-order valence-electron chi connectivity index (χ0n) is 27.6. The van der Waals surface area contributed by atoms with Crippen molar-refractivity contribution in [3.63, 3.8) is 0 Å². The molecule has 0 N–H and O–H groups in total. The molecule has 8 rings (SSSR count). The van der Waals surface area contributed by atoms with E-state index in [-0.39, 0.29) is 0 Å². The first-order chi connectivity index (χ1) is 24.2. The van der Waals surface area contributed by atoms with E-state index in [1.165, 1.54) is 11.1 Å². The molecule has 6 aromatic carbocycles. The maximum absolute atomic E-state index is 5.03. The highest BCUT2D eigenvalue weighted by Crippen LogP contribution is 2.38. The fourth-order valence-electron chi connectivity index (χ4n) is 6.45. The van der Waals surface area contributed by atoms with Crippen LogP contribution in [0, 0.1) is 0 Å². The van der Waals surface area contributed by atoms with Gasteiger partial charge in [0.1, 0.15) is 0 Å². The van der Waals surface area contributed by atoms with Crippen molar-refractivity contribution >= 4 is 39.1 Å². The largest absolute Gasteiger partial charge is 0.311 e. The number of para-hydroxylation sites is 4. The van der Waals surface area contributed by atoms with Crippen LogP contribution in [-0.4, -0.2) is 19.9 Å². The molecular weight excluding hydrogens is 599 g/mol. The Bertz CT molecular complexity index is 2250. The molecule has 0 radical (unpaired) electrons. The molecule has 2 heterocycles. The number of hydrogen-bond acceptors (Lipinski definition) is 5. The van der Waals surface area contributed by atoms with Gasteiger partial charge in [-0.1, -0.05) is 105 Å². The van der Waals surface area contributed by atoms with Crippen LogP contribution >= 0.6 is 0 Å². The van der Waals surface area contributed by atoms with Crippen LogP contribution in [-0.2, 0) is 12.8 Å². The summed E-state index contributed by atoms with van der Waals surface area (Å²) in [7, 11) is 0. The van der Waals surface area contributed by atoms with Gasteiger partial charge in [0.25, 0.3) is 0 Å². The number of aromatic nitrogens is 4. The molecule has 0 spiro atoms. The van der Waals surface area contributed by atoms with Crippen LogP contribution in [0.3, 0.4) is 0 Å². The Morgan fingerprint density at radius 1 is 0.347 bits per heavy atom. The Labute approximate surface area is 286 Å². The summed E-state index contributed by atoms with van der Waals surface area (Å²) in [5.74, 6) is 0. The van der Waals surface area contributed by atoms with Crippen molar-refractivity contribution in [1.29, 1.82) is 0 Å². The number of rotatable bonds is 8. The standard InChI is InChI=1S/C44H35N5/c1-3-37-43(47-41-16-10-8-14-39(41)45-37)32-20-26-35(27-21-32)49(34-24-18-31(19-25-34)30-12-6-5-7-13-30)36-28-22-33(23-29-36)44-38(4-2)46-40-15-9-11-17-42(40)48-44/h5-29H,3-4H2,1-2H3. The molecule has 236 valence electrons. The lowest BCUT2D eigenvalue weighted by molar-refractivity contribution is 1.04. The van der Waals surface area contributed by atoms with Crippen molar-refractivity contribution in [2.75, 3.05) is 4.90 Å². The molecule has 0 saturated heterocycles. The zero-order valence-corrected chi connectivity index (χ0v) is 27.6. The summed E-state index contributed by atoms with van der Waals surface area (Å²) in [6.45, 7) is 4.27. The lowest BCUT2D eigenvalue weighted by Crippen LogP contribution is -2.10. The second kappa shape index (κ2) is 13.1. The first-order valence-corrected chi connectivity index (χ1v) is 16.9. The van der Waals surface area contributed by atoms with Crippen molar-refractivity contribution in [3.05, 3.63) is 163 Å². The number of nitrogens with zero attached hydrogens (tertiary/aromatic N) is 5. The van der Waals surface area contributed by atoms with E-state index in [0.29, 0.717) is 0 Å². The van der Waals surface area contributed by atoms with Crippen LogP contribution in [0.15, 0.2) is 152 Å². The topological polar surface area (TPSA) is 54.8 Å². The Balaban J connectivity index is 1.19. The molecule has 0 aliphatic carbocycles. The lowest BCUT2D eigenvalue weighted by Gasteiger charge is -2.26. The molecule has 8 aromatic rings. The second-order valence-electron chi connectivity index (χ2n) is 12.1. The quantitative estimate of drug-likeness (QED) is 0.167. The normalized spacial score (nSPS) is 11.2. The highest BCUT2D eigenvalue weighted by atomic mass is 15.1. The molecule has 0 saturated carbocycles. The summed E-state index contributed by atoms with van der Waals surface area (Å²) in [6, 6.07) is 52.7. The second-order valence-corrected chi connectivity index (χ2v) is 12.1. The average Bonchev–Trinajstić information content (AvgIpc) is 3.18. The third-order valence-electron chi connectivity index (χ3n) is 8.99. The van der Waals surface area contributed by atoms with Crippen LogP contribution in [0.25, 0.3) is 55.7 Å². The first-order valence-electron chi connectivity index (χ1n) is 16.9. The van der Waals surface area contributed by atoms with Crippen molar-refractivity contribution in [3.8, 4) is 33.6 Å². The van der Waals surface area contributed by atoms with Crippen LogP contribution < -0.4 is 4.90 Å². The molecule has 5 heteroatoms. The van der Waals surface area contributed by atoms with E-state index in [2.05, 4.69) is 116 Å². The Hall–Kier alpha value is -6.20. The maximum Gasteiger partial charge on any atom is 0.0925 e. The van der Waals surface area contributed by atoms with Gasteiger partial charge in [0.15, 0.2) is 0 Å². The third-order valence-corrected chi connectivity index (χ3v) is 8.99. The molecular formula is C44H35N5. The van der Waals surface area contributed by atoms with Gasteiger partial charge in [-0.05, 0) is 84.6 Å². The summed E-state index contributed by atoms with van der Waals surface area (Å²) in [5.41, 5.74) is 15.2. The molecule has 0 unspecified atom stereocenters. The Morgan fingerprint density at radius 2 is 0.673 bits per heavy atom. The first kappa shape index (κ1) is 30.2. The predicted molar refractivity (Wildman–Crippen MR) is 202 cm³/mol. The summed E-state index contributed by atoms with van der Waals surface area (Å²) >= 11 is 0. The van der Waals surface area contributed by atoms with E-state index >= 15 is 0 Å². The van der Waals surface area contributed by atoms with Crippen LogP contribution in [0.1, 0.15) is 25.2 Å². The number of benzene rings is 6. The highest BCUT2D eigenvalue weighted by Gasteiger charge is 2.17. The molecule has 2 aromatic heterocycles. The molecule has 0 bridgehead atoms. The van der Waals surface area contributed by atoms with E-state index < -0.39 is 0 Å². The van der Waals surface area contributed by atoms with E-state index in [4.69, 9.17) is 19.9 Å². The van der Waals surface area contributed by atoms with Gasteiger partial charge >= 0.3 is 0 Å². The maximum atomic E-state index is 5.03. The van der Waals surface area contributed by atoms with Crippen LogP contribution in [0.5, 0.6) is 0 Å². The van der Waals surface area contributed by atoms with E-state index in [1.54, 1.807) is 0 Å². The zero-order chi connectivity index (χ0) is 33.2. The monoisotopic (exact) mass is 633 g/mol. The SMILES string of the molecule is CCc1nc2ccccc2nc1-c1ccc(N(c2ccc(-c3ccccc3)cc2)c2ccc(-c3nc4ccccc4nc3CC)cc2)cc1. The molecule has 0 aliphatic heterocycles. The van der Waals surface area contributed by atoms with Gasteiger partial charge in [0.05, 0.1) is 44.8 Å². The minimum Gasteiger partial charge on any atom is -0.311 e. The molecule has 0 atom stereocenters. The van der Waals surface area contributed by atoms with Gasteiger partial charge in [0.2, 0.25) is 0 Å².